The van der Waals surface area contributed by atoms with E-state index >= 15 is 0 Å². The number of rotatable bonds is 3. The Bertz CT molecular complexity index is 428. The Kier molecular flexibility index (Phi) is 3.92. The number of hydrogen-bond donors (Lipinski definition) is 1. The molecule has 1 heterocycles. The summed E-state index contributed by atoms with van der Waals surface area (Å²) >= 11 is 12.1. The molecule has 1 atom stereocenters. The van der Waals surface area contributed by atoms with Crippen molar-refractivity contribution < 1.29 is 5.11 Å². The summed E-state index contributed by atoms with van der Waals surface area (Å²) in [4.78, 5) is 6.31. The fraction of sp³-hybridized carbons (Fsp3) is 0.417. The minimum Gasteiger partial charge on any atom is -0.386 e. The van der Waals surface area contributed by atoms with Crippen LogP contribution in [0.5, 0.6) is 0 Å². The third-order valence-corrected chi connectivity index (χ3v) is 3.55. The molecule has 1 N–H and O–H groups in total. The molecule has 1 aromatic carbocycles. The molecule has 0 saturated heterocycles. The number of benzene rings is 1. The lowest BCUT2D eigenvalue weighted by atomic mass is 10.1. The summed E-state index contributed by atoms with van der Waals surface area (Å²) in [6.45, 7) is 4.03. The largest absolute Gasteiger partial charge is 0.386 e. The normalized spacial score (nSPS) is 17.2. The predicted molar refractivity (Wildman–Crippen MR) is 71.0 cm³/mol. The first-order valence-electron chi connectivity index (χ1n) is 5.47. The van der Waals surface area contributed by atoms with Gasteiger partial charge in [-0.15, -0.1) is 0 Å². The zero-order chi connectivity index (χ0) is 12.4. The smallest absolute Gasteiger partial charge is 0.0994 e. The molecule has 0 fully saturated rings. The molecule has 5 heteroatoms. The molecular weight excluding hydrogens is 259 g/mol. The summed E-state index contributed by atoms with van der Waals surface area (Å²) in [6, 6.07) is 5.23. The van der Waals surface area contributed by atoms with E-state index in [2.05, 4.69) is 4.99 Å². The Hall–Kier alpha value is -0.770. The maximum atomic E-state index is 10.2. The number of amidine groups is 1. The molecule has 1 unspecified atom stereocenters. The van der Waals surface area contributed by atoms with Gasteiger partial charge in [-0.1, -0.05) is 29.3 Å². The molecule has 0 aliphatic carbocycles. The van der Waals surface area contributed by atoms with Gasteiger partial charge in [-0.2, -0.15) is 0 Å². The van der Waals surface area contributed by atoms with Gasteiger partial charge >= 0.3 is 0 Å². The van der Waals surface area contributed by atoms with Crippen molar-refractivity contribution in [1.29, 1.82) is 0 Å². The number of β-amino-alcohol motifs (C(OH)–C–C–N with tert-alkyl or cyclic N) is 1. The lowest BCUT2D eigenvalue weighted by Crippen LogP contribution is -2.30. The van der Waals surface area contributed by atoms with Crippen molar-refractivity contribution in [2.45, 2.75) is 13.0 Å². The summed E-state index contributed by atoms with van der Waals surface area (Å²) in [5.74, 6) is 0.951. The van der Waals surface area contributed by atoms with E-state index in [0.717, 1.165) is 18.9 Å². The molecule has 3 nitrogen and oxygen atoms in total. The quantitative estimate of drug-likeness (QED) is 0.919. The highest BCUT2D eigenvalue weighted by atomic mass is 35.5. The fourth-order valence-corrected chi connectivity index (χ4v) is 2.60. The van der Waals surface area contributed by atoms with Gasteiger partial charge in [-0.3, -0.25) is 4.99 Å². The van der Waals surface area contributed by atoms with E-state index in [9.17, 15) is 5.11 Å². The Labute approximate surface area is 111 Å². The van der Waals surface area contributed by atoms with E-state index in [1.54, 1.807) is 18.2 Å². The van der Waals surface area contributed by atoms with Crippen molar-refractivity contribution in [2.24, 2.45) is 4.99 Å². The number of nitrogens with zero attached hydrogens (tertiary/aromatic N) is 2. The average molecular weight is 273 g/mol. The molecule has 2 rings (SSSR count). The van der Waals surface area contributed by atoms with Gasteiger partial charge in [0.1, 0.15) is 0 Å². The van der Waals surface area contributed by atoms with Crippen molar-refractivity contribution in [3.63, 3.8) is 0 Å². The molecule has 0 amide bonds. The number of aliphatic imine (C=N–C) groups is 1. The van der Waals surface area contributed by atoms with Crippen LogP contribution in [0.1, 0.15) is 18.6 Å². The Morgan fingerprint density at radius 1 is 1.41 bits per heavy atom. The van der Waals surface area contributed by atoms with Crippen LogP contribution in [0.2, 0.25) is 10.0 Å². The summed E-state index contributed by atoms with van der Waals surface area (Å²) < 4.78 is 0. The number of aliphatic hydroxyl groups excluding tert-OH is 1. The van der Waals surface area contributed by atoms with Crippen LogP contribution in [0.3, 0.4) is 0 Å². The highest BCUT2D eigenvalue weighted by Crippen LogP contribution is 2.30. The molecule has 0 spiro atoms. The van der Waals surface area contributed by atoms with Gasteiger partial charge in [0.25, 0.3) is 0 Å². The molecule has 0 bridgehead atoms. The highest BCUT2D eigenvalue weighted by molar-refractivity contribution is 6.36. The molecule has 17 heavy (non-hydrogen) atoms. The zero-order valence-electron chi connectivity index (χ0n) is 9.53. The van der Waals surface area contributed by atoms with Gasteiger partial charge < -0.3 is 10.0 Å². The summed E-state index contributed by atoms with van der Waals surface area (Å²) in [5.41, 5.74) is 0.593. The molecule has 92 valence electrons. The van der Waals surface area contributed by atoms with E-state index in [0.29, 0.717) is 22.2 Å². The van der Waals surface area contributed by atoms with Crippen LogP contribution in [0.15, 0.2) is 23.2 Å². The second kappa shape index (κ2) is 5.25. The van der Waals surface area contributed by atoms with Gasteiger partial charge in [-0.05, 0) is 19.1 Å². The third kappa shape index (κ3) is 2.73. The van der Waals surface area contributed by atoms with E-state index in [4.69, 9.17) is 23.2 Å². The first kappa shape index (κ1) is 12.7. The standard InChI is InChI=1S/C12H14Cl2N2O/c1-8-15-5-6-16(8)7-11(17)12-9(13)3-2-4-10(12)14/h2-4,11,17H,5-7H2,1H3. The molecule has 1 aliphatic rings. The van der Waals surface area contributed by atoms with Crippen LogP contribution in [-0.4, -0.2) is 35.5 Å². The maximum absolute atomic E-state index is 10.2. The van der Waals surface area contributed by atoms with Gasteiger partial charge in [-0.25, -0.2) is 0 Å². The van der Waals surface area contributed by atoms with Crippen LogP contribution in [0.4, 0.5) is 0 Å². The maximum Gasteiger partial charge on any atom is 0.0994 e. The lowest BCUT2D eigenvalue weighted by Gasteiger charge is -2.23. The first-order chi connectivity index (χ1) is 8.09. The lowest BCUT2D eigenvalue weighted by molar-refractivity contribution is 0.147. The van der Waals surface area contributed by atoms with E-state index in [1.165, 1.54) is 0 Å². The van der Waals surface area contributed by atoms with Crippen molar-refractivity contribution in [3.05, 3.63) is 33.8 Å². The third-order valence-electron chi connectivity index (χ3n) is 2.89. The Morgan fingerprint density at radius 2 is 2.06 bits per heavy atom. The second-order valence-corrected chi connectivity index (χ2v) is 4.84. The molecule has 0 saturated carbocycles. The van der Waals surface area contributed by atoms with E-state index in [-0.39, 0.29) is 0 Å². The predicted octanol–water partition coefficient (Wildman–Crippen LogP) is 2.76. The van der Waals surface area contributed by atoms with Crippen LogP contribution >= 0.6 is 23.2 Å². The monoisotopic (exact) mass is 272 g/mol. The zero-order valence-corrected chi connectivity index (χ0v) is 11.0. The van der Waals surface area contributed by atoms with Gasteiger partial charge in [0.15, 0.2) is 0 Å². The van der Waals surface area contributed by atoms with E-state index in [1.807, 2.05) is 11.8 Å². The van der Waals surface area contributed by atoms with Crippen LogP contribution in [-0.2, 0) is 0 Å². The number of halogens is 2. The van der Waals surface area contributed by atoms with Gasteiger partial charge in [0, 0.05) is 28.7 Å². The minimum absolute atomic E-state index is 0.471. The van der Waals surface area contributed by atoms with Crippen LogP contribution in [0, 0.1) is 0 Å². The molecule has 1 aromatic rings. The summed E-state index contributed by atoms with van der Waals surface area (Å²) in [7, 11) is 0. The van der Waals surface area contributed by atoms with Crippen molar-refractivity contribution in [2.75, 3.05) is 19.6 Å². The van der Waals surface area contributed by atoms with Gasteiger partial charge in [0.05, 0.1) is 18.5 Å². The van der Waals surface area contributed by atoms with Crippen LogP contribution < -0.4 is 0 Å². The fourth-order valence-electron chi connectivity index (χ4n) is 1.95. The SMILES string of the molecule is CC1=NCCN1CC(O)c1c(Cl)cccc1Cl. The van der Waals surface area contributed by atoms with Crippen molar-refractivity contribution in [3.8, 4) is 0 Å². The summed E-state index contributed by atoms with van der Waals surface area (Å²) in [6.07, 6.45) is -0.695. The molecule has 0 aromatic heterocycles. The van der Waals surface area contributed by atoms with Gasteiger partial charge in [0.2, 0.25) is 0 Å². The van der Waals surface area contributed by atoms with Crippen molar-refractivity contribution >= 4 is 29.0 Å². The van der Waals surface area contributed by atoms with Crippen LogP contribution in [0.25, 0.3) is 0 Å². The highest BCUT2D eigenvalue weighted by Gasteiger charge is 2.21. The van der Waals surface area contributed by atoms with Crippen molar-refractivity contribution in [1.82, 2.24) is 4.90 Å². The first-order valence-corrected chi connectivity index (χ1v) is 6.23. The Morgan fingerprint density at radius 3 is 2.59 bits per heavy atom. The minimum atomic E-state index is -0.695. The second-order valence-electron chi connectivity index (χ2n) is 4.03. The Balaban J connectivity index is 2.14. The van der Waals surface area contributed by atoms with E-state index < -0.39 is 6.10 Å². The topological polar surface area (TPSA) is 35.8 Å². The molecule has 0 radical (unpaired) electrons. The average Bonchev–Trinajstić information content (AvgIpc) is 2.64. The molecular formula is C12H14Cl2N2O. The number of aliphatic hydroxyl groups is 1. The number of hydrogen-bond acceptors (Lipinski definition) is 3. The molecule has 1 aliphatic heterocycles. The summed E-state index contributed by atoms with van der Waals surface area (Å²) in [5, 5.41) is 11.2.